The van der Waals surface area contributed by atoms with Crippen LogP contribution in [0.1, 0.15) is 92.4 Å². The Hall–Kier alpha value is -1.02. The molecule has 6 nitrogen and oxygen atoms in total. The summed E-state index contributed by atoms with van der Waals surface area (Å²) in [6.45, 7) is 15.7. The smallest absolute Gasteiger partial charge is 0.186 e. The molecule has 14 atom stereocenters. The first-order valence-electron chi connectivity index (χ1n) is 16.4. The van der Waals surface area contributed by atoms with E-state index in [-0.39, 0.29) is 11.5 Å². The lowest BCUT2D eigenvalue weighted by Crippen LogP contribution is -2.60. The van der Waals surface area contributed by atoms with Crippen molar-refractivity contribution in [2.75, 3.05) is 6.61 Å². The van der Waals surface area contributed by atoms with Crippen LogP contribution in [0.15, 0.2) is 36.0 Å². The lowest BCUT2D eigenvalue weighted by atomic mass is 9.47. The second-order valence-electron chi connectivity index (χ2n) is 14.8. The number of aliphatic hydroxyl groups is 4. The first-order chi connectivity index (χ1) is 19.4. The minimum Gasteiger partial charge on any atom is -0.394 e. The second-order valence-corrected chi connectivity index (χ2v) is 14.8. The zero-order chi connectivity index (χ0) is 29.7. The van der Waals surface area contributed by atoms with Gasteiger partial charge in [-0.2, -0.15) is 0 Å². The molecule has 232 valence electrons. The highest BCUT2D eigenvalue weighted by molar-refractivity contribution is 5.26. The molecule has 4 aliphatic carbocycles. The predicted molar refractivity (Wildman–Crippen MR) is 161 cm³/mol. The molecule has 1 saturated heterocycles. The summed E-state index contributed by atoms with van der Waals surface area (Å²) in [5.41, 5.74) is 3.33. The normalized spacial score (nSPS) is 47.7. The summed E-state index contributed by atoms with van der Waals surface area (Å²) in [4.78, 5) is 0. The fourth-order valence-corrected chi connectivity index (χ4v) is 10.1. The summed E-state index contributed by atoms with van der Waals surface area (Å²) in [5.74, 6) is 4.04. The summed E-state index contributed by atoms with van der Waals surface area (Å²) < 4.78 is 11.9. The largest absolute Gasteiger partial charge is 0.394 e. The molecule has 0 bridgehead atoms. The minimum absolute atomic E-state index is 0.115. The summed E-state index contributed by atoms with van der Waals surface area (Å²) in [5, 5.41) is 40.4. The average molecular weight is 573 g/mol. The molecule has 5 rings (SSSR count). The molecule has 3 saturated carbocycles. The van der Waals surface area contributed by atoms with Gasteiger partial charge in [0.25, 0.3) is 0 Å². The summed E-state index contributed by atoms with van der Waals surface area (Å²) in [7, 11) is 0. The van der Waals surface area contributed by atoms with Gasteiger partial charge in [0, 0.05) is 0 Å². The molecule has 0 amide bonds. The maximum absolute atomic E-state index is 10.5. The van der Waals surface area contributed by atoms with Crippen LogP contribution in [-0.2, 0) is 9.47 Å². The molecular formula is C35H56O6. The number of rotatable bonds is 8. The third-order valence-electron chi connectivity index (χ3n) is 12.7. The Morgan fingerprint density at radius 3 is 2.51 bits per heavy atom. The van der Waals surface area contributed by atoms with E-state index in [9.17, 15) is 20.4 Å². The monoisotopic (exact) mass is 572 g/mol. The van der Waals surface area contributed by atoms with Crippen LogP contribution in [0.2, 0.25) is 0 Å². The van der Waals surface area contributed by atoms with Crippen LogP contribution in [0.3, 0.4) is 0 Å². The predicted octanol–water partition coefficient (Wildman–Crippen LogP) is 5.55. The Bertz CT molecular complexity index is 1000. The van der Waals surface area contributed by atoms with E-state index >= 15 is 0 Å². The van der Waals surface area contributed by atoms with E-state index in [0.717, 1.165) is 49.9 Å². The van der Waals surface area contributed by atoms with Gasteiger partial charge in [-0.3, -0.25) is 0 Å². The quantitative estimate of drug-likeness (QED) is 0.285. The lowest BCUT2D eigenvalue weighted by Gasteiger charge is -2.58. The van der Waals surface area contributed by atoms with Crippen molar-refractivity contribution in [3.63, 3.8) is 0 Å². The van der Waals surface area contributed by atoms with Gasteiger partial charge in [0.1, 0.15) is 24.4 Å². The fraction of sp³-hybridized carbons (Fsp3) is 0.829. The lowest BCUT2D eigenvalue weighted by molar-refractivity contribution is -0.313. The molecule has 4 fully saturated rings. The zero-order valence-electron chi connectivity index (χ0n) is 26.0. The third kappa shape index (κ3) is 5.55. The Morgan fingerprint density at radius 1 is 1.07 bits per heavy atom. The third-order valence-corrected chi connectivity index (χ3v) is 12.7. The van der Waals surface area contributed by atoms with E-state index in [2.05, 4.69) is 59.4 Å². The van der Waals surface area contributed by atoms with Crippen LogP contribution < -0.4 is 0 Å². The molecule has 0 spiro atoms. The summed E-state index contributed by atoms with van der Waals surface area (Å²) >= 11 is 0. The van der Waals surface area contributed by atoms with E-state index in [0.29, 0.717) is 23.2 Å². The minimum atomic E-state index is -1.40. The molecule has 14 unspecified atom stereocenters. The van der Waals surface area contributed by atoms with E-state index in [1.54, 1.807) is 0 Å². The number of ether oxygens (including phenoxy) is 2. The van der Waals surface area contributed by atoms with Crippen molar-refractivity contribution in [2.24, 2.45) is 46.3 Å². The number of allylic oxidation sites excluding steroid dienone is 4. The average Bonchev–Trinajstić information content (AvgIpc) is 3.30. The van der Waals surface area contributed by atoms with E-state index in [1.165, 1.54) is 36.8 Å². The van der Waals surface area contributed by atoms with Crippen LogP contribution in [0.5, 0.6) is 0 Å². The standard InChI is InChI=1S/C35H56O6/c1-7-22(20(2)3)9-8-21(4)26-12-13-27-25-11-10-23-18-24(14-16-34(23,5)28(25)15-17-35(26,27)6)40-33-32(39)31(38)30(37)29(19-36)41-33/h8-10,21-22,24-33,36-39H,2,7,11-19H2,1,3-6H3/b9-8+. The molecule has 0 radical (unpaired) electrons. The zero-order valence-corrected chi connectivity index (χ0v) is 26.0. The molecule has 41 heavy (non-hydrogen) atoms. The van der Waals surface area contributed by atoms with Gasteiger partial charge >= 0.3 is 0 Å². The van der Waals surface area contributed by atoms with Gasteiger partial charge in [-0.1, -0.05) is 63.6 Å². The van der Waals surface area contributed by atoms with Crippen molar-refractivity contribution in [1.82, 2.24) is 0 Å². The van der Waals surface area contributed by atoms with Gasteiger partial charge in [0.15, 0.2) is 6.29 Å². The highest BCUT2D eigenvalue weighted by Gasteiger charge is 2.59. The van der Waals surface area contributed by atoms with Gasteiger partial charge < -0.3 is 29.9 Å². The van der Waals surface area contributed by atoms with Gasteiger partial charge in [0.2, 0.25) is 0 Å². The van der Waals surface area contributed by atoms with E-state index < -0.39 is 37.3 Å². The van der Waals surface area contributed by atoms with Crippen molar-refractivity contribution < 1.29 is 29.9 Å². The highest BCUT2D eigenvalue weighted by Crippen LogP contribution is 2.67. The molecule has 1 aliphatic heterocycles. The van der Waals surface area contributed by atoms with Gasteiger partial charge in [-0.25, -0.2) is 0 Å². The van der Waals surface area contributed by atoms with Gasteiger partial charge in [-0.15, -0.1) is 0 Å². The molecule has 0 aromatic rings. The first-order valence-corrected chi connectivity index (χ1v) is 16.4. The number of fused-ring (bicyclic) bond motifs is 5. The number of hydrogen-bond acceptors (Lipinski definition) is 6. The maximum atomic E-state index is 10.5. The number of aliphatic hydroxyl groups excluding tert-OH is 4. The number of hydrogen-bond donors (Lipinski definition) is 4. The molecule has 0 aromatic heterocycles. The SMILES string of the molecule is C=C(C)C(/C=C/C(C)C1CCC2C3CC=C4CC(OC5OC(CO)C(O)C(O)C5O)CCC4(C)C3CCC12C)CC. The molecule has 6 heteroatoms. The van der Waals surface area contributed by atoms with Gasteiger partial charge in [-0.05, 0) is 111 Å². The Kier molecular flexibility index (Phi) is 9.32. The summed E-state index contributed by atoms with van der Waals surface area (Å²) in [6, 6.07) is 0. The van der Waals surface area contributed by atoms with E-state index in [4.69, 9.17) is 9.47 Å². The van der Waals surface area contributed by atoms with Gasteiger partial charge in [0.05, 0.1) is 12.7 Å². The van der Waals surface area contributed by atoms with Crippen molar-refractivity contribution >= 4 is 0 Å². The highest BCUT2D eigenvalue weighted by atomic mass is 16.7. The van der Waals surface area contributed by atoms with Crippen LogP contribution in [0.25, 0.3) is 0 Å². The van der Waals surface area contributed by atoms with Crippen molar-refractivity contribution in [1.29, 1.82) is 0 Å². The van der Waals surface area contributed by atoms with E-state index in [1.807, 2.05) is 0 Å². The van der Waals surface area contributed by atoms with Crippen LogP contribution in [0.4, 0.5) is 0 Å². The van der Waals surface area contributed by atoms with Crippen LogP contribution in [0, 0.1) is 46.3 Å². The first kappa shape index (κ1) is 31.4. The Morgan fingerprint density at radius 2 is 1.83 bits per heavy atom. The molecular weight excluding hydrogens is 516 g/mol. The van der Waals surface area contributed by atoms with Crippen molar-refractivity contribution in [2.45, 2.75) is 129 Å². The topological polar surface area (TPSA) is 99.4 Å². The maximum Gasteiger partial charge on any atom is 0.186 e. The molecule has 5 aliphatic rings. The van der Waals surface area contributed by atoms with Crippen LogP contribution in [-0.4, -0.2) is 63.8 Å². The van der Waals surface area contributed by atoms with Crippen molar-refractivity contribution in [3.8, 4) is 0 Å². The molecule has 0 aromatic carbocycles. The van der Waals surface area contributed by atoms with Crippen LogP contribution >= 0.6 is 0 Å². The fourth-order valence-electron chi connectivity index (χ4n) is 10.1. The Balaban J connectivity index is 1.26. The molecule has 1 heterocycles. The Labute approximate surface area is 247 Å². The second kappa shape index (κ2) is 12.2. The van der Waals surface area contributed by atoms with Crippen molar-refractivity contribution in [3.05, 3.63) is 36.0 Å². The summed E-state index contributed by atoms with van der Waals surface area (Å²) in [6.07, 6.45) is 11.5. The molecule has 4 N–H and O–H groups in total.